The predicted octanol–water partition coefficient (Wildman–Crippen LogP) is 0.992. The van der Waals surface area contributed by atoms with Crippen LogP contribution >= 0.6 is 0 Å². The number of aliphatic hydroxyl groups is 1. The molecule has 1 aromatic rings. The smallest absolute Gasteiger partial charge is 0.132 e. The van der Waals surface area contributed by atoms with Crippen LogP contribution in [0.5, 0.6) is 0 Å². The van der Waals surface area contributed by atoms with Crippen molar-refractivity contribution in [3.63, 3.8) is 0 Å². The molecule has 0 aliphatic carbocycles. The molecule has 4 nitrogen and oxygen atoms in total. The van der Waals surface area contributed by atoms with Gasteiger partial charge in [-0.3, -0.25) is 0 Å². The first-order chi connectivity index (χ1) is 7.16. The maximum Gasteiger partial charge on any atom is 0.132 e. The zero-order chi connectivity index (χ0) is 10.8. The van der Waals surface area contributed by atoms with E-state index in [1.54, 1.807) is 6.20 Å². The molecule has 1 aromatic heterocycles. The van der Waals surface area contributed by atoms with E-state index in [2.05, 4.69) is 21.8 Å². The number of anilines is 1. The van der Waals surface area contributed by atoms with Gasteiger partial charge < -0.3 is 10.0 Å². The molecule has 2 heterocycles. The summed E-state index contributed by atoms with van der Waals surface area (Å²) in [6.07, 6.45) is 2.45. The molecule has 0 bridgehead atoms. The Bertz CT molecular complexity index is 342. The summed E-state index contributed by atoms with van der Waals surface area (Å²) in [5.41, 5.74) is 0. The van der Waals surface area contributed by atoms with E-state index >= 15 is 0 Å². The average molecular weight is 207 g/mol. The maximum atomic E-state index is 9.64. The summed E-state index contributed by atoms with van der Waals surface area (Å²) in [4.78, 5) is 10.7. The van der Waals surface area contributed by atoms with E-state index in [4.69, 9.17) is 0 Å². The van der Waals surface area contributed by atoms with Crippen molar-refractivity contribution in [1.29, 1.82) is 0 Å². The molecule has 1 aliphatic rings. The first-order valence-corrected chi connectivity index (χ1v) is 5.39. The zero-order valence-corrected chi connectivity index (χ0v) is 9.22. The van der Waals surface area contributed by atoms with E-state index in [1.165, 1.54) is 0 Å². The Morgan fingerprint density at radius 3 is 3.00 bits per heavy atom. The summed E-state index contributed by atoms with van der Waals surface area (Å²) < 4.78 is 0. The topological polar surface area (TPSA) is 49.2 Å². The van der Waals surface area contributed by atoms with Crippen LogP contribution in [0.15, 0.2) is 12.3 Å². The minimum atomic E-state index is -0.163. The van der Waals surface area contributed by atoms with Crippen LogP contribution in [-0.2, 0) is 0 Å². The van der Waals surface area contributed by atoms with Crippen LogP contribution in [0.25, 0.3) is 0 Å². The lowest BCUT2D eigenvalue weighted by Gasteiger charge is -2.35. The number of aryl methyl sites for hydroxylation is 1. The van der Waals surface area contributed by atoms with Crippen LogP contribution in [0.2, 0.25) is 0 Å². The second-order valence-corrected chi connectivity index (χ2v) is 4.24. The number of nitrogens with zero attached hydrogens (tertiary/aromatic N) is 3. The van der Waals surface area contributed by atoms with Gasteiger partial charge in [0, 0.05) is 19.3 Å². The first kappa shape index (κ1) is 10.4. The van der Waals surface area contributed by atoms with Crippen molar-refractivity contribution >= 4 is 5.82 Å². The van der Waals surface area contributed by atoms with E-state index in [9.17, 15) is 5.11 Å². The van der Waals surface area contributed by atoms with Crippen molar-refractivity contribution in [2.75, 3.05) is 18.0 Å². The zero-order valence-electron chi connectivity index (χ0n) is 9.22. The summed E-state index contributed by atoms with van der Waals surface area (Å²) in [7, 11) is 0. The van der Waals surface area contributed by atoms with Gasteiger partial charge in [-0.2, -0.15) is 0 Å². The molecule has 4 heteroatoms. The molecule has 0 saturated carbocycles. The molecule has 0 radical (unpaired) electrons. The monoisotopic (exact) mass is 207 g/mol. The van der Waals surface area contributed by atoms with E-state index in [0.29, 0.717) is 5.92 Å². The fraction of sp³-hybridized carbons (Fsp3) is 0.636. The summed E-state index contributed by atoms with van der Waals surface area (Å²) in [6, 6.07) is 1.93. The number of rotatable bonds is 1. The van der Waals surface area contributed by atoms with Gasteiger partial charge in [-0.15, -0.1) is 0 Å². The second-order valence-electron chi connectivity index (χ2n) is 4.24. The third-order valence-corrected chi connectivity index (χ3v) is 2.95. The van der Waals surface area contributed by atoms with Crippen molar-refractivity contribution in [3.05, 3.63) is 18.1 Å². The molecular weight excluding hydrogens is 190 g/mol. The van der Waals surface area contributed by atoms with Crippen molar-refractivity contribution in [3.8, 4) is 0 Å². The Kier molecular flexibility index (Phi) is 2.86. The van der Waals surface area contributed by atoms with Crippen molar-refractivity contribution in [2.45, 2.75) is 26.4 Å². The van der Waals surface area contributed by atoms with Gasteiger partial charge in [-0.05, 0) is 25.3 Å². The van der Waals surface area contributed by atoms with Gasteiger partial charge in [0.15, 0.2) is 0 Å². The molecule has 1 aliphatic heterocycles. The molecule has 2 rings (SSSR count). The maximum absolute atomic E-state index is 9.64. The molecule has 1 saturated heterocycles. The van der Waals surface area contributed by atoms with E-state index in [1.807, 2.05) is 13.0 Å². The van der Waals surface area contributed by atoms with Crippen LogP contribution in [0.3, 0.4) is 0 Å². The van der Waals surface area contributed by atoms with Gasteiger partial charge in [-0.1, -0.05) is 6.92 Å². The first-order valence-electron chi connectivity index (χ1n) is 5.39. The van der Waals surface area contributed by atoms with E-state index in [-0.39, 0.29) is 6.10 Å². The Morgan fingerprint density at radius 1 is 1.53 bits per heavy atom. The standard InChI is InChI=1S/C11H17N3O/c1-8-7-14(6-4-10(8)15)11-3-5-12-9(2)13-11/h3,5,8,10,15H,4,6-7H2,1-2H3. The molecule has 2 unspecified atom stereocenters. The molecule has 82 valence electrons. The van der Waals surface area contributed by atoms with Gasteiger partial charge in [-0.25, -0.2) is 9.97 Å². The van der Waals surface area contributed by atoms with Crippen LogP contribution in [-0.4, -0.2) is 34.3 Å². The van der Waals surface area contributed by atoms with Gasteiger partial charge in [0.25, 0.3) is 0 Å². The lowest BCUT2D eigenvalue weighted by atomic mass is 9.97. The lowest BCUT2D eigenvalue weighted by Crippen LogP contribution is -2.42. The van der Waals surface area contributed by atoms with Crippen LogP contribution in [0.4, 0.5) is 5.82 Å². The molecule has 15 heavy (non-hydrogen) atoms. The number of piperidine rings is 1. The lowest BCUT2D eigenvalue weighted by molar-refractivity contribution is 0.0969. The minimum Gasteiger partial charge on any atom is -0.393 e. The highest BCUT2D eigenvalue weighted by Gasteiger charge is 2.24. The minimum absolute atomic E-state index is 0.163. The van der Waals surface area contributed by atoms with Crippen LogP contribution in [0, 0.1) is 12.8 Å². The Hall–Kier alpha value is -1.16. The molecule has 0 aromatic carbocycles. The summed E-state index contributed by atoms with van der Waals surface area (Å²) in [5, 5.41) is 9.64. The van der Waals surface area contributed by atoms with Crippen molar-refractivity contribution in [2.24, 2.45) is 5.92 Å². The third-order valence-electron chi connectivity index (χ3n) is 2.95. The predicted molar refractivity (Wildman–Crippen MR) is 58.8 cm³/mol. The SMILES string of the molecule is Cc1nccc(N2CCC(O)C(C)C2)n1. The summed E-state index contributed by atoms with van der Waals surface area (Å²) in [6.45, 7) is 5.72. The Morgan fingerprint density at radius 2 is 2.33 bits per heavy atom. The Labute approximate surface area is 90.0 Å². The van der Waals surface area contributed by atoms with Gasteiger partial charge in [0.05, 0.1) is 6.10 Å². The average Bonchev–Trinajstić information content (AvgIpc) is 2.22. The number of aliphatic hydroxyl groups excluding tert-OH is 1. The second kappa shape index (κ2) is 4.14. The Balaban J connectivity index is 2.12. The highest BCUT2D eigenvalue weighted by atomic mass is 16.3. The number of aromatic nitrogens is 2. The van der Waals surface area contributed by atoms with E-state index in [0.717, 1.165) is 31.2 Å². The molecule has 1 N–H and O–H groups in total. The quantitative estimate of drug-likeness (QED) is 0.746. The highest BCUT2D eigenvalue weighted by Crippen LogP contribution is 2.21. The van der Waals surface area contributed by atoms with Crippen LogP contribution in [0.1, 0.15) is 19.2 Å². The highest BCUT2D eigenvalue weighted by molar-refractivity contribution is 5.38. The molecular formula is C11H17N3O. The summed E-state index contributed by atoms with van der Waals surface area (Å²) >= 11 is 0. The van der Waals surface area contributed by atoms with Gasteiger partial charge in [0.2, 0.25) is 0 Å². The number of hydrogen-bond acceptors (Lipinski definition) is 4. The molecule has 1 fully saturated rings. The van der Waals surface area contributed by atoms with E-state index < -0.39 is 0 Å². The van der Waals surface area contributed by atoms with Crippen LogP contribution < -0.4 is 4.90 Å². The third kappa shape index (κ3) is 2.26. The van der Waals surface area contributed by atoms with Gasteiger partial charge >= 0.3 is 0 Å². The summed E-state index contributed by atoms with van der Waals surface area (Å²) in [5.74, 6) is 2.08. The van der Waals surface area contributed by atoms with Gasteiger partial charge in [0.1, 0.15) is 11.6 Å². The fourth-order valence-corrected chi connectivity index (χ4v) is 1.96. The largest absolute Gasteiger partial charge is 0.393 e. The molecule has 0 spiro atoms. The fourth-order valence-electron chi connectivity index (χ4n) is 1.96. The van der Waals surface area contributed by atoms with Crippen molar-refractivity contribution in [1.82, 2.24) is 9.97 Å². The normalized spacial score (nSPS) is 26.7. The van der Waals surface area contributed by atoms with Crippen molar-refractivity contribution < 1.29 is 5.11 Å². The molecule has 0 amide bonds. The number of hydrogen-bond donors (Lipinski definition) is 1. The molecule has 2 atom stereocenters.